The first-order chi connectivity index (χ1) is 20.7. The van der Waals surface area contributed by atoms with Gasteiger partial charge in [0.05, 0.1) is 11.9 Å². The van der Waals surface area contributed by atoms with Gasteiger partial charge < -0.3 is 34.7 Å². The average molecular weight is 594 g/mol. The van der Waals surface area contributed by atoms with Crippen molar-refractivity contribution < 1.29 is 33.4 Å². The fraction of sp³-hybridized carbons (Fsp3) is 0.429. The molecule has 3 aliphatic heterocycles. The van der Waals surface area contributed by atoms with E-state index in [1.165, 1.54) is 11.1 Å². The van der Waals surface area contributed by atoms with Crippen LogP contribution in [0.4, 0.5) is 26.6 Å². The van der Waals surface area contributed by atoms with Gasteiger partial charge in [0.1, 0.15) is 23.1 Å². The van der Waals surface area contributed by atoms with E-state index in [9.17, 15) is 24.3 Å². The number of piperidine rings is 1. The zero-order valence-electron chi connectivity index (χ0n) is 22.9. The number of carboxylic acids is 1. The molecule has 0 unspecified atom stereocenters. The lowest BCUT2D eigenvalue weighted by Crippen LogP contribution is -2.45. The van der Waals surface area contributed by atoms with E-state index in [0.29, 0.717) is 49.7 Å². The maximum atomic E-state index is 15.2. The number of fused-ring (bicyclic) bond motifs is 2. The highest BCUT2D eigenvalue weighted by atomic mass is 19.1. The molecule has 7 rings (SSSR count). The molecule has 6 heterocycles. The summed E-state index contributed by atoms with van der Waals surface area (Å²) >= 11 is 0. The van der Waals surface area contributed by atoms with Gasteiger partial charge >= 0.3 is 12.1 Å². The van der Waals surface area contributed by atoms with Crippen molar-refractivity contribution in [1.82, 2.24) is 19.9 Å². The molecule has 2 saturated heterocycles. The number of hydrogen-bond donors (Lipinski definition) is 3. The Balaban J connectivity index is 0.983. The molecule has 1 saturated carbocycles. The molecule has 0 bridgehead atoms. The summed E-state index contributed by atoms with van der Waals surface area (Å²) < 4.78 is 27.8. The zero-order valence-corrected chi connectivity index (χ0v) is 22.9. The first-order valence-corrected chi connectivity index (χ1v) is 14.1. The van der Waals surface area contributed by atoms with Crippen molar-refractivity contribution in [2.75, 3.05) is 47.9 Å². The molecule has 3 aromatic rings. The van der Waals surface area contributed by atoms with Crippen LogP contribution >= 0.6 is 0 Å². The number of cyclic esters (lactones) is 1. The highest BCUT2D eigenvalue weighted by molar-refractivity contribution is 5.95. The minimum Gasteiger partial charge on any atom is -0.480 e. The molecule has 2 amide bonds. The predicted molar refractivity (Wildman–Crippen MR) is 150 cm³/mol. The standard InChI is InChI=1S/C28H28FN7O7/c29-19-9-17-23(38)18(27(39)40)12-35(15-1-2-15)25(17)33-26(19)34-7-5-14(6-8-34)30-10-16-11-36(28(41)43-16)21-4-3-20-24(31-21)32-22(37)13-42-20/h3-4,9,12,14-16,30H,1-2,5-8,10-11,13H2,(H,39,40)(H,31,32,37)/t16-/m1/s1. The molecule has 14 nitrogen and oxygen atoms in total. The van der Waals surface area contributed by atoms with E-state index < -0.39 is 35.0 Å². The van der Waals surface area contributed by atoms with Crippen LogP contribution in [0.3, 0.4) is 0 Å². The fourth-order valence-electron chi connectivity index (χ4n) is 5.76. The van der Waals surface area contributed by atoms with Gasteiger partial charge in [-0.1, -0.05) is 0 Å². The van der Waals surface area contributed by atoms with Crippen molar-refractivity contribution >= 4 is 46.5 Å². The lowest BCUT2D eigenvalue weighted by molar-refractivity contribution is -0.118. The number of pyridine rings is 3. The molecule has 43 heavy (non-hydrogen) atoms. The molecule has 3 fully saturated rings. The molecular formula is C28H28FN7O7. The van der Waals surface area contributed by atoms with E-state index in [2.05, 4.69) is 20.6 Å². The number of rotatable bonds is 7. The number of aromatic nitrogens is 3. The fourth-order valence-corrected chi connectivity index (χ4v) is 5.76. The second kappa shape index (κ2) is 10.5. The number of halogens is 1. The van der Waals surface area contributed by atoms with Crippen LogP contribution in [0.1, 0.15) is 42.1 Å². The van der Waals surface area contributed by atoms with Gasteiger partial charge in [-0.25, -0.2) is 23.9 Å². The third-order valence-corrected chi connectivity index (χ3v) is 8.15. The van der Waals surface area contributed by atoms with Crippen LogP contribution in [0, 0.1) is 5.82 Å². The van der Waals surface area contributed by atoms with Crippen LogP contribution in [0.15, 0.2) is 29.2 Å². The summed E-state index contributed by atoms with van der Waals surface area (Å²) in [5, 5.41) is 15.5. The van der Waals surface area contributed by atoms with Crippen molar-refractivity contribution in [2.24, 2.45) is 0 Å². The van der Waals surface area contributed by atoms with Gasteiger partial charge in [-0.2, -0.15) is 0 Å². The first kappa shape index (κ1) is 27.1. The summed E-state index contributed by atoms with van der Waals surface area (Å²) in [6.45, 7) is 1.64. The van der Waals surface area contributed by atoms with E-state index in [-0.39, 0.29) is 48.2 Å². The van der Waals surface area contributed by atoms with Gasteiger partial charge in [0.2, 0.25) is 5.43 Å². The third-order valence-electron chi connectivity index (χ3n) is 8.15. The number of anilines is 3. The zero-order chi connectivity index (χ0) is 29.8. The summed E-state index contributed by atoms with van der Waals surface area (Å²) in [5.74, 6) is -1.15. The smallest absolute Gasteiger partial charge is 0.416 e. The molecule has 0 aromatic carbocycles. The van der Waals surface area contributed by atoms with E-state index >= 15 is 4.39 Å². The second-order valence-corrected chi connectivity index (χ2v) is 11.1. The second-order valence-electron chi connectivity index (χ2n) is 11.1. The van der Waals surface area contributed by atoms with Gasteiger partial charge in [-0.15, -0.1) is 0 Å². The number of nitrogens with one attached hydrogen (secondary N) is 2. The van der Waals surface area contributed by atoms with Crippen LogP contribution in [0.25, 0.3) is 11.0 Å². The van der Waals surface area contributed by atoms with Crippen LogP contribution in [0.2, 0.25) is 0 Å². The largest absolute Gasteiger partial charge is 0.480 e. The van der Waals surface area contributed by atoms with Crippen molar-refractivity contribution in [3.63, 3.8) is 0 Å². The number of carbonyl (C=O) groups excluding carboxylic acids is 2. The van der Waals surface area contributed by atoms with Gasteiger partial charge in [0.25, 0.3) is 5.91 Å². The summed E-state index contributed by atoms with van der Waals surface area (Å²) in [4.78, 5) is 60.6. The van der Waals surface area contributed by atoms with Crippen molar-refractivity contribution in [1.29, 1.82) is 0 Å². The molecule has 224 valence electrons. The van der Waals surface area contributed by atoms with Gasteiger partial charge in [-0.05, 0) is 43.9 Å². The van der Waals surface area contributed by atoms with E-state index in [4.69, 9.17) is 9.47 Å². The number of carbonyl (C=O) groups is 3. The molecule has 3 N–H and O–H groups in total. The van der Waals surface area contributed by atoms with Gasteiger partial charge in [0, 0.05) is 37.9 Å². The van der Waals surface area contributed by atoms with Gasteiger partial charge in [-0.3, -0.25) is 14.5 Å². The molecule has 1 atom stereocenters. The maximum Gasteiger partial charge on any atom is 0.416 e. The third kappa shape index (κ3) is 5.09. The summed E-state index contributed by atoms with van der Waals surface area (Å²) in [7, 11) is 0. The minimum atomic E-state index is -1.35. The molecule has 0 radical (unpaired) electrons. The molecule has 3 aromatic heterocycles. The molecule has 0 spiro atoms. The van der Waals surface area contributed by atoms with Crippen molar-refractivity contribution in [3.8, 4) is 5.75 Å². The number of aromatic carboxylic acids is 1. The number of ether oxygens (including phenoxy) is 2. The summed E-state index contributed by atoms with van der Waals surface area (Å²) in [6.07, 6.45) is 3.42. The van der Waals surface area contributed by atoms with E-state index in [0.717, 1.165) is 18.9 Å². The Bertz CT molecular complexity index is 1720. The maximum absolute atomic E-state index is 15.2. The summed E-state index contributed by atoms with van der Waals surface area (Å²) in [5.41, 5.74) is -0.835. The Kier molecular flexibility index (Phi) is 6.60. The monoisotopic (exact) mass is 593 g/mol. The lowest BCUT2D eigenvalue weighted by Gasteiger charge is -2.34. The Morgan fingerprint density at radius 2 is 1.93 bits per heavy atom. The number of hydrogen-bond acceptors (Lipinski definition) is 10. The lowest BCUT2D eigenvalue weighted by atomic mass is 10.0. The predicted octanol–water partition coefficient (Wildman–Crippen LogP) is 1.88. The quantitative estimate of drug-likeness (QED) is 0.366. The Morgan fingerprint density at radius 3 is 2.67 bits per heavy atom. The summed E-state index contributed by atoms with van der Waals surface area (Å²) in [6, 6.07) is 4.53. The molecule has 15 heteroatoms. The Labute approximate surface area is 243 Å². The van der Waals surface area contributed by atoms with E-state index in [1.54, 1.807) is 16.7 Å². The SMILES string of the molecule is O=C1COc2ccc(N3C[C@@H](CNC4CCN(c5nc6c(cc5F)c(=O)c(C(=O)O)cn6C5CC5)CC4)OC3=O)nc2N1. The highest BCUT2D eigenvalue weighted by Crippen LogP contribution is 2.37. The van der Waals surface area contributed by atoms with Crippen LogP contribution in [0.5, 0.6) is 5.75 Å². The Morgan fingerprint density at radius 1 is 1.14 bits per heavy atom. The average Bonchev–Trinajstić information content (AvgIpc) is 3.77. The van der Waals surface area contributed by atoms with Crippen LogP contribution in [-0.2, 0) is 9.53 Å². The van der Waals surface area contributed by atoms with E-state index in [1.807, 2.05) is 4.90 Å². The Hall–Kier alpha value is -4.79. The number of carboxylic acid groups (broad SMARTS) is 1. The van der Waals surface area contributed by atoms with Crippen molar-refractivity contribution in [2.45, 2.75) is 43.9 Å². The normalized spacial score (nSPS) is 20.5. The molecule has 1 aliphatic carbocycles. The molecule has 4 aliphatic rings. The number of nitrogens with zero attached hydrogens (tertiary/aromatic N) is 5. The molecular weight excluding hydrogens is 565 g/mol. The minimum absolute atomic E-state index is 0.0339. The topological polar surface area (TPSA) is 168 Å². The number of amides is 2. The van der Waals surface area contributed by atoms with Gasteiger partial charge in [0.15, 0.2) is 29.8 Å². The van der Waals surface area contributed by atoms with Crippen LogP contribution in [-0.4, -0.2) is 82.5 Å². The first-order valence-electron chi connectivity index (χ1n) is 14.1. The van der Waals surface area contributed by atoms with Crippen LogP contribution < -0.4 is 30.6 Å². The van der Waals surface area contributed by atoms with Crippen molar-refractivity contribution in [3.05, 3.63) is 46.0 Å². The highest BCUT2D eigenvalue weighted by Gasteiger charge is 2.35.